The van der Waals surface area contributed by atoms with E-state index < -0.39 is 16.8 Å². The van der Waals surface area contributed by atoms with Gasteiger partial charge in [0.2, 0.25) is 0 Å². The summed E-state index contributed by atoms with van der Waals surface area (Å²) in [6.45, 7) is 0. The van der Waals surface area contributed by atoms with Crippen LogP contribution in [0.15, 0.2) is 18.3 Å². The Morgan fingerprint density at radius 3 is 2.53 bits per heavy atom. The molecule has 102 valence electrons. The van der Waals surface area contributed by atoms with Crippen molar-refractivity contribution < 1.29 is 18.9 Å². The van der Waals surface area contributed by atoms with Crippen molar-refractivity contribution in [1.29, 1.82) is 0 Å². The Bertz CT molecular complexity index is 505. The fraction of sp³-hybridized carbons (Fsp3) is 0.417. The van der Waals surface area contributed by atoms with Gasteiger partial charge in [0.25, 0.3) is 5.91 Å². The standard InChI is InChI=1S/C12H14N2O4S/c15-11(14-9-3-5-19(18)6-4-9)10-2-1-8(7-13-10)12(16)17/h1-2,7,9H,3-6H2,(H,14,15)(H,16,17). The molecule has 0 saturated carbocycles. The van der Waals surface area contributed by atoms with Crippen molar-refractivity contribution in [3.63, 3.8) is 0 Å². The van der Waals surface area contributed by atoms with Crippen LogP contribution in [0.4, 0.5) is 0 Å². The summed E-state index contributed by atoms with van der Waals surface area (Å²) in [5.41, 5.74) is 0.237. The quantitative estimate of drug-likeness (QED) is 0.837. The fourth-order valence-electron chi connectivity index (χ4n) is 1.85. The third kappa shape index (κ3) is 3.60. The van der Waals surface area contributed by atoms with Crippen molar-refractivity contribution >= 4 is 22.7 Å². The fourth-order valence-corrected chi connectivity index (χ4v) is 3.15. The Morgan fingerprint density at radius 2 is 2.00 bits per heavy atom. The van der Waals surface area contributed by atoms with Crippen LogP contribution in [0.5, 0.6) is 0 Å². The zero-order chi connectivity index (χ0) is 13.8. The molecule has 0 radical (unpaired) electrons. The summed E-state index contributed by atoms with van der Waals surface area (Å²) in [6.07, 6.45) is 2.56. The molecule has 1 aromatic heterocycles. The van der Waals surface area contributed by atoms with Gasteiger partial charge >= 0.3 is 5.97 Å². The van der Waals surface area contributed by atoms with Crippen LogP contribution in [0.25, 0.3) is 0 Å². The van der Waals surface area contributed by atoms with Gasteiger partial charge in [-0.3, -0.25) is 14.0 Å². The predicted molar refractivity (Wildman–Crippen MR) is 69.6 cm³/mol. The summed E-state index contributed by atoms with van der Waals surface area (Å²) >= 11 is 0. The normalized spacial score (nSPS) is 22.7. The molecule has 0 atom stereocenters. The van der Waals surface area contributed by atoms with E-state index in [0.717, 1.165) is 6.20 Å². The van der Waals surface area contributed by atoms with Crippen molar-refractivity contribution in [2.24, 2.45) is 0 Å². The van der Waals surface area contributed by atoms with E-state index in [2.05, 4.69) is 10.3 Å². The smallest absolute Gasteiger partial charge is 0.337 e. The maximum Gasteiger partial charge on any atom is 0.337 e. The first-order chi connectivity index (χ1) is 9.06. The van der Waals surface area contributed by atoms with Crippen LogP contribution >= 0.6 is 0 Å². The topological polar surface area (TPSA) is 96.4 Å². The third-order valence-corrected chi connectivity index (χ3v) is 4.35. The molecule has 1 aliphatic heterocycles. The van der Waals surface area contributed by atoms with Crippen molar-refractivity contribution in [2.45, 2.75) is 18.9 Å². The van der Waals surface area contributed by atoms with Gasteiger partial charge in [-0.15, -0.1) is 0 Å². The third-order valence-electron chi connectivity index (χ3n) is 2.97. The molecule has 19 heavy (non-hydrogen) atoms. The van der Waals surface area contributed by atoms with E-state index in [9.17, 15) is 13.8 Å². The highest BCUT2D eigenvalue weighted by Gasteiger charge is 2.20. The first-order valence-electron chi connectivity index (χ1n) is 5.91. The maximum absolute atomic E-state index is 11.9. The number of carboxylic acids is 1. The Hall–Kier alpha value is -1.76. The summed E-state index contributed by atoms with van der Waals surface area (Å²) in [7, 11) is -0.761. The second-order valence-corrected chi connectivity index (χ2v) is 6.03. The highest BCUT2D eigenvalue weighted by atomic mass is 32.2. The number of carbonyl (C=O) groups excluding carboxylic acids is 1. The molecule has 1 saturated heterocycles. The Kier molecular flexibility index (Phi) is 4.26. The monoisotopic (exact) mass is 282 g/mol. The molecule has 0 aromatic carbocycles. The first kappa shape index (κ1) is 13.7. The molecule has 2 rings (SSSR count). The van der Waals surface area contributed by atoms with Gasteiger partial charge in [-0.05, 0) is 25.0 Å². The lowest BCUT2D eigenvalue weighted by atomic mass is 10.1. The van der Waals surface area contributed by atoms with E-state index in [4.69, 9.17) is 5.11 Å². The highest BCUT2D eigenvalue weighted by Crippen LogP contribution is 2.10. The summed E-state index contributed by atoms with van der Waals surface area (Å²) < 4.78 is 11.2. The van der Waals surface area contributed by atoms with Crippen LogP contribution < -0.4 is 5.32 Å². The number of carboxylic acid groups (broad SMARTS) is 1. The Morgan fingerprint density at radius 1 is 1.32 bits per heavy atom. The van der Waals surface area contributed by atoms with Crippen molar-refractivity contribution in [3.05, 3.63) is 29.6 Å². The molecule has 6 nitrogen and oxygen atoms in total. The molecule has 1 aliphatic rings. The maximum atomic E-state index is 11.9. The highest BCUT2D eigenvalue weighted by molar-refractivity contribution is 7.85. The van der Waals surface area contributed by atoms with E-state index in [1.807, 2.05) is 0 Å². The summed E-state index contributed by atoms with van der Waals surface area (Å²) in [5.74, 6) is -0.184. The summed E-state index contributed by atoms with van der Waals surface area (Å²) in [5, 5.41) is 11.6. The van der Waals surface area contributed by atoms with E-state index in [-0.39, 0.29) is 23.2 Å². The number of amides is 1. The molecule has 1 amide bonds. The van der Waals surface area contributed by atoms with Crippen molar-refractivity contribution in [2.75, 3.05) is 11.5 Å². The molecule has 0 bridgehead atoms. The van der Waals surface area contributed by atoms with Gasteiger partial charge in [-0.2, -0.15) is 0 Å². The number of rotatable bonds is 3. The molecule has 0 unspecified atom stereocenters. The zero-order valence-corrected chi connectivity index (χ0v) is 11.0. The molecular formula is C12H14N2O4S. The molecule has 2 heterocycles. The van der Waals surface area contributed by atoms with Gasteiger partial charge in [0.05, 0.1) is 5.56 Å². The SMILES string of the molecule is O=C(O)c1ccc(C(=O)NC2CCS(=O)CC2)nc1. The number of nitrogens with zero attached hydrogens (tertiary/aromatic N) is 1. The van der Waals surface area contributed by atoms with Crippen LogP contribution in [-0.2, 0) is 10.8 Å². The van der Waals surface area contributed by atoms with E-state index >= 15 is 0 Å². The number of hydrogen-bond donors (Lipinski definition) is 2. The number of nitrogens with one attached hydrogen (secondary N) is 1. The lowest BCUT2D eigenvalue weighted by Crippen LogP contribution is -2.39. The lowest BCUT2D eigenvalue weighted by Gasteiger charge is -2.22. The van der Waals surface area contributed by atoms with Crippen molar-refractivity contribution in [3.8, 4) is 0 Å². The Balaban J connectivity index is 1.96. The molecular weight excluding hydrogens is 268 g/mol. The van der Waals surface area contributed by atoms with Gasteiger partial charge in [-0.1, -0.05) is 0 Å². The van der Waals surface area contributed by atoms with Crippen LogP contribution in [0.3, 0.4) is 0 Å². The van der Waals surface area contributed by atoms with Gasteiger partial charge in [-0.25, -0.2) is 4.79 Å². The largest absolute Gasteiger partial charge is 0.478 e. The van der Waals surface area contributed by atoms with Gasteiger partial charge in [0, 0.05) is 34.5 Å². The minimum Gasteiger partial charge on any atom is -0.478 e. The van der Waals surface area contributed by atoms with Crippen molar-refractivity contribution in [1.82, 2.24) is 10.3 Å². The summed E-state index contributed by atoms with van der Waals surface area (Å²) in [4.78, 5) is 26.4. The van der Waals surface area contributed by atoms with Crippen LogP contribution in [0.1, 0.15) is 33.7 Å². The molecule has 7 heteroatoms. The molecule has 0 spiro atoms. The number of carbonyl (C=O) groups is 2. The number of pyridine rings is 1. The first-order valence-corrected chi connectivity index (χ1v) is 7.40. The minimum absolute atomic E-state index is 0.0196. The van der Waals surface area contributed by atoms with Gasteiger partial charge < -0.3 is 10.4 Å². The number of hydrogen-bond acceptors (Lipinski definition) is 4. The van der Waals surface area contributed by atoms with Crippen LogP contribution in [-0.4, -0.2) is 43.7 Å². The van der Waals surface area contributed by atoms with E-state index in [0.29, 0.717) is 24.3 Å². The zero-order valence-electron chi connectivity index (χ0n) is 10.2. The second-order valence-electron chi connectivity index (χ2n) is 4.33. The van der Waals surface area contributed by atoms with E-state index in [1.165, 1.54) is 12.1 Å². The number of aromatic carboxylic acids is 1. The van der Waals surface area contributed by atoms with Crippen LogP contribution in [0.2, 0.25) is 0 Å². The average molecular weight is 282 g/mol. The lowest BCUT2D eigenvalue weighted by molar-refractivity contribution is 0.0695. The molecule has 0 aliphatic carbocycles. The van der Waals surface area contributed by atoms with E-state index in [1.54, 1.807) is 0 Å². The molecule has 1 aromatic rings. The Labute approximate surface area is 112 Å². The molecule has 1 fully saturated rings. The minimum atomic E-state index is -1.07. The average Bonchev–Trinajstić information content (AvgIpc) is 2.41. The number of aromatic nitrogens is 1. The van der Waals surface area contributed by atoms with Crippen LogP contribution in [0, 0.1) is 0 Å². The second kappa shape index (κ2) is 5.92. The van der Waals surface area contributed by atoms with Gasteiger partial charge in [0.15, 0.2) is 0 Å². The predicted octanol–water partition coefficient (Wildman–Crippen LogP) is 0.421. The summed E-state index contributed by atoms with van der Waals surface area (Å²) in [6, 6.07) is 2.76. The van der Waals surface area contributed by atoms with Gasteiger partial charge in [0.1, 0.15) is 5.69 Å². The molecule has 2 N–H and O–H groups in total.